The molecular weight excluding hydrogens is 332 g/mol. The molecule has 26 heavy (non-hydrogen) atoms. The van der Waals surface area contributed by atoms with E-state index >= 15 is 0 Å². The van der Waals surface area contributed by atoms with Crippen LogP contribution in [0.15, 0.2) is 48.5 Å². The van der Waals surface area contributed by atoms with Crippen LogP contribution in [0.3, 0.4) is 0 Å². The average molecular weight is 354 g/mol. The molecule has 2 aromatic rings. The summed E-state index contributed by atoms with van der Waals surface area (Å²) in [7, 11) is 1.50. The molecule has 1 aliphatic carbocycles. The Kier molecular flexibility index (Phi) is 5.41. The van der Waals surface area contributed by atoms with Crippen molar-refractivity contribution < 1.29 is 19.4 Å². The number of carbonyl (C=O) groups excluding carboxylic acids is 1. The topological polar surface area (TPSA) is 78.9 Å². The van der Waals surface area contributed by atoms with Gasteiger partial charge in [-0.3, -0.25) is 0 Å². The third-order valence-corrected chi connectivity index (χ3v) is 4.61. The Bertz CT molecular complexity index is 760. The Morgan fingerprint density at radius 2 is 1.65 bits per heavy atom. The van der Waals surface area contributed by atoms with Gasteiger partial charge in [0.2, 0.25) is 0 Å². The molecule has 0 fully saturated rings. The summed E-state index contributed by atoms with van der Waals surface area (Å²) in [6.45, 7) is 1.00. The van der Waals surface area contributed by atoms with Crippen molar-refractivity contribution in [3.8, 4) is 11.1 Å². The Hall–Kier alpha value is -3.02. The number of hydrogen-bond donors (Lipinski definition) is 2. The summed E-state index contributed by atoms with van der Waals surface area (Å²) in [5.74, 6) is 0.0336. The van der Waals surface area contributed by atoms with Crippen molar-refractivity contribution in [2.45, 2.75) is 12.3 Å². The van der Waals surface area contributed by atoms with Gasteiger partial charge < -0.3 is 20.1 Å². The number of alkyl carbamates (subject to hydrolysis) is 1. The van der Waals surface area contributed by atoms with E-state index in [4.69, 9.17) is 9.84 Å². The zero-order valence-corrected chi connectivity index (χ0v) is 14.6. The van der Waals surface area contributed by atoms with E-state index in [0.29, 0.717) is 19.5 Å². The fourth-order valence-electron chi connectivity index (χ4n) is 3.25. The molecule has 0 saturated carbocycles. The van der Waals surface area contributed by atoms with E-state index in [-0.39, 0.29) is 12.5 Å². The molecule has 0 saturated heterocycles. The molecule has 0 radical (unpaired) electrons. The van der Waals surface area contributed by atoms with Gasteiger partial charge in [0.05, 0.1) is 0 Å². The van der Waals surface area contributed by atoms with E-state index in [0.717, 1.165) is 0 Å². The van der Waals surface area contributed by atoms with Crippen LogP contribution in [-0.2, 0) is 4.74 Å². The van der Waals surface area contributed by atoms with Gasteiger partial charge in [0.1, 0.15) is 6.61 Å². The first-order chi connectivity index (χ1) is 12.6. The molecule has 0 bridgehead atoms. The summed E-state index contributed by atoms with van der Waals surface area (Å²) < 4.78 is 5.41. The second-order valence-electron chi connectivity index (χ2n) is 6.31. The second-order valence-corrected chi connectivity index (χ2v) is 6.31. The third-order valence-electron chi connectivity index (χ3n) is 4.61. The van der Waals surface area contributed by atoms with Gasteiger partial charge in [0, 0.05) is 26.1 Å². The molecule has 0 aromatic heterocycles. The predicted molar refractivity (Wildman–Crippen MR) is 98.3 cm³/mol. The molecule has 2 amide bonds. The van der Waals surface area contributed by atoms with E-state index in [1.54, 1.807) is 0 Å². The third kappa shape index (κ3) is 3.79. The first-order valence-corrected chi connectivity index (χ1v) is 8.61. The first-order valence-electron chi connectivity index (χ1n) is 8.61. The minimum Gasteiger partial charge on any atom is -0.465 e. The molecule has 0 unspecified atom stereocenters. The molecule has 3 rings (SSSR count). The Morgan fingerprint density at radius 3 is 2.23 bits per heavy atom. The molecule has 0 heterocycles. The lowest BCUT2D eigenvalue weighted by atomic mass is 9.98. The molecule has 2 aromatic carbocycles. The maximum atomic E-state index is 11.9. The number of nitrogens with one attached hydrogen (secondary N) is 1. The van der Waals surface area contributed by atoms with Gasteiger partial charge >= 0.3 is 12.2 Å². The Balaban J connectivity index is 1.53. The van der Waals surface area contributed by atoms with Crippen molar-refractivity contribution in [2.75, 3.05) is 26.7 Å². The SMILES string of the molecule is CN(CCCNC(=O)OCC1c2ccccc2-c2ccccc21)C(=O)O. The van der Waals surface area contributed by atoms with Crippen LogP contribution in [0.4, 0.5) is 9.59 Å². The smallest absolute Gasteiger partial charge is 0.407 e. The number of ether oxygens (including phenoxy) is 1. The molecule has 1 aliphatic rings. The number of carbonyl (C=O) groups is 2. The molecule has 2 N–H and O–H groups in total. The van der Waals surface area contributed by atoms with Gasteiger partial charge in [0.15, 0.2) is 0 Å². The van der Waals surface area contributed by atoms with E-state index in [1.807, 2.05) is 24.3 Å². The quantitative estimate of drug-likeness (QED) is 0.778. The van der Waals surface area contributed by atoms with Crippen molar-refractivity contribution in [3.05, 3.63) is 59.7 Å². The van der Waals surface area contributed by atoms with E-state index in [1.165, 1.54) is 34.2 Å². The summed E-state index contributed by atoms with van der Waals surface area (Å²) in [5.41, 5.74) is 4.72. The van der Waals surface area contributed by atoms with Gasteiger partial charge in [-0.2, -0.15) is 0 Å². The normalized spacial score (nSPS) is 12.2. The molecule has 136 valence electrons. The minimum atomic E-state index is -0.980. The average Bonchev–Trinajstić information content (AvgIpc) is 2.97. The predicted octanol–water partition coefficient (Wildman–Crippen LogP) is 3.53. The lowest BCUT2D eigenvalue weighted by Crippen LogP contribution is -2.31. The number of hydrogen-bond acceptors (Lipinski definition) is 3. The number of amides is 2. The highest BCUT2D eigenvalue weighted by Gasteiger charge is 2.28. The zero-order chi connectivity index (χ0) is 18.5. The van der Waals surface area contributed by atoms with E-state index in [9.17, 15) is 9.59 Å². The van der Waals surface area contributed by atoms with Gasteiger partial charge in [-0.05, 0) is 28.7 Å². The lowest BCUT2D eigenvalue weighted by Gasteiger charge is -2.15. The number of benzene rings is 2. The maximum Gasteiger partial charge on any atom is 0.407 e. The number of fused-ring (bicyclic) bond motifs is 3. The van der Waals surface area contributed by atoms with Crippen LogP contribution < -0.4 is 5.32 Å². The van der Waals surface area contributed by atoms with Crippen LogP contribution in [0, 0.1) is 0 Å². The molecule has 0 atom stereocenters. The van der Waals surface area contributed by atoms with Crippen LogP contribution in [0.1, 0.15) is 23.5 Å². The van der Waals surface area contributed by atoms with Crippen molar-refractivity contribution in [3.63, 3.8) is 0 Å². The van der Waals surface area contributed by atoms with Gasteiger partial charge in [-0.15, -0.1) is 0 Å². The number of nitrogens with zero attached hydrogens (tertiary/aromatic N) is 1. The zero-order valence-electron chi connectivity index (χ0n) is 14.6. The van der Waals surface area contributed by atoms with Crippen LogP contribution in [0.5, 0.6) is 0 Å². The van der Waals surface area contributed by atoms with Crippen molar-refractivity contribution in [1.29, 1.82) is 0 Å². The summed E-state index contributed by atoms with van der Waals surface area (Å²) in [6.07, 6.45) is -0.927. The monoisotopic (exact) mass is 354 g/mol. The van der Waals surface area contributed by atoms with Crippen molar-refractivity contribution in [1.82, 2.24) is 10.2 Å². The van der Waals surface area contributed by atoms with Crippen LogP contribution in [0.25, 0.3) is 11.1 Å². The number of carboxylic acid groups (broad SMARTS) is 1. The highest BCUT2D eigenvalue weighted by molar-refractivity contribution is 5.79. The van der Waals surface area contributed by atoms with Crippen LogP contribution >= 0.6 is 0 Å². The largest absolute Gasteiger partial charge is 0.465 e. The van der Waals surface area contributed by atoms with Gasteiger partial charge in [-0.1, -0.05) is 48.5 Å². The standard InChI is InChI=1S/C20H22N2O4/c1-22(20(24)25)12-6-11-21-19(23)26-13-18-16-9-4-2-7-14(16)15-8-3-5-10-17(15)18/h2-5,7-10,18H,6,11-13H2,1H3,(H,21,23)(H,24,25). The summed E-state index contributed by atoms with van der Waals surface area (Å²) in [5, 5.41) is 11.4. The van der Waals surface area contributed by atoms with Crippen molar-refractivity contribution >= 4 is 12.2 Å². The highest BCUT2D eigenvalue weighted by Crippen LogP contribution is 2.44. The lowest BCUT2D eigenvalue weighted by molar-refractivity contribution is 0.142. The fraction of sp³-hybridized carbons (Fsp3) is 0.300. The fourth-order valence-corrected chi connectivity index (χ4v) is 3.25. The highest BCUT2D eigenvalue weighted by atomic mass is 16.5. The first kappa shape index (κ1) is 17.8. The Morgan fingerprint density at radius 1 is 1.08 bits per heavy atom. The van der Waals surface area contributed by atoms with Crippen LogP contribution in [-0.4, -0.2) is 48.9 Å². The molecular formula is C20H22N2O4. The minimum absolute atomic E-state index is 0.0336. The second kappa shape index (κ2) is 7.91. The Labute approximate surface area is 152 Å². The molecule has 6 heteroatoms. The summed E-state index contributed by atoms with van der Waals surface area (Å²) in [4.78, 5) is 23.8. The van der Waals surface area contributed by atoms with E-state index in [2.05, 4.69) is 29.6 Å². The van der Waals surface area contributed by atoms with Crippen LogP contribution in [0.2, 0.25) is 0 Å². The van der Waals surface area contributed by atoms with Gasteiger partial charge in [0.25, 0.3) is 0 Å². The molecule has 0 aliphatic heterocycles. The van der Waals surface area contributed by atoms with Gasteiger partial charge in [-0.25, -0.2) is 9.59 Å². The molecule has 6 nitrogen and oxygen atoms in total. The molecule has 0 spiro atoms. The summed E-state index contributed by atoms with van der Waals surface area (Å²) >= 11 is 0. The summed E-state index contributed by atoms with van der Waals surface area (Å²) in [6, 6.07) is 16.3. The van der Waals surface area contributed by atoms with E-state index < -0.39 is 12.2 Å². The van der Waals surface area contributed by atoms with Crippen molar-refractivity contribution in [2.24, 2.45) is 0 Å². The maximum absolute atomic E-state index is 11.9. The number of rotatable bonds is 6.